The molecule has 0 spiro atoms. The molecule has 1 aliphatic rings. The molecule has 2 N–H and O–H groups in total. The minimum absolute atomic E-state index is 0.0742. The molecule has 8 heteroatoms. The Morgan fingerprint density at radius 2 is 1.86 bits per heavy atom. The first-order valence-corrected chi connectivity index (χ1v) is 6.19. The van der Waals surface area contributed by atoms with Crippen molar-refractivity contribution in [2.24, 2.45) is 0 Å². The van der Waals surface area contributed by atoms with Gasteiger partial charge in [-0.2, -0.15) is 0 Å². The van der Waals surface area contributed by atoms with E-state index in [9.17, 15) is 19.1 Å². The molecule has 6 nitrogen and oxygen atoms in total. The van der Waals surface area contributed by atoms with Gasteiger partial charge in [-0.1, -0.05) is 11.6 Å². The van der Waals surface area contributed by atoms with Crippen molar-refractivity contribution in [2.45, 2.75) is 19.6 Å². The second kappa shape index (κ2) is 5.25. The summed E-state index contributed by atoms with van der Waals surface area (Å²) in [6.45, 7) is 2.82. The van der Waals surface area contributed by atoms with Crippen molar-refractivity contribution < 1.29 is 28.6 Å². The van der Waals surface area contributed by atoms with Gasteiger partial charge in [0.15, 0.2) is 5.57 Å². The van der Waals surface area contributed by atoms with E-state index in [-0.39, 0.29) is 16.5 Å². The summed E-state index contributed by atoms with van der Waals surface area (Å²) < 4.78 is 23.0. The molecule has 1 aromatic rings. The van der Waals surface area contributed by atoms with Gasteiger partial charge in [-0.25, -0.2) is 14.0 Å². The van der Waals surface area contributed by atoms with Crippen molar-refractivity contribution in [2.75, 3.05) is 5.32 Å². The van der Waals surface area contributed by atoms with Crippen LogP contribution in [0.2, 0.25) is 5.02 Å². The van der Waals surface area contributed by atoms with Gasteiger partial charge in [0.25, 0.3) is 5.79 Å². The fraction of sp³-hybridized carbons (Fsp3) is 0.231. The highest BCUT2D eigenvalue weighted by molar-refractivity contribution is 6.31. The number of rotatable bonds is 2. The van der Waals surface area contributed by atoms with Crippen molar-refractivity contribution in [3.63, 3.8) is 0 Å². The van der Waals surface area contributed by atoms with Crippen LogP contribution >= 0.6 is 11.6 Å². The van der Waals surface area contributed by atoms with Gasteiger partial charge in [0.1, 0.15) is 11.6 Å². The summed E-state index contributed by atoms with van der Waals surface area (Å²) in [5, 5.41) is 11.8. The number of esters is 2. The minimum Gasteiger partial charge on any atom is -0.506 e. The van der Waals surface area contributed by atoms with Crippen LogP contribution in [0.25, 0.3) is 0 Å². The smallest absolute Gasteiger partial charge is 0.350 e. The van der Waals surface area contributed by atoms with Gasteiger partial charge < -0.3 is 19.9 Å². The summed E-state index contributed by atoms with van der Waals surface area (Å²) in [5.74, 6) is -4.25. The normalized spacial score (nSPS) is 17.0. The first-order valence-electron chi connectivity index (χ1n) is 5.81. The van der Waals surface area contributed by atoms with Gasteiger partial charge >= 0.3 is 11.9 Å². The Kier molecular flexibility index (Phi) is 3.78. The molecule has 1 heterocycles. The number of cyclic esters (lactones) is 2. The maximum atomic E-state index is 13.3. The number of carbonyl (C=O) groups is 2. The van der Waals surface area contributed by atoms with E-state index in [1.807, 2.05) is 0 Å². The number of ether oxygens (including phenoxy) is 2. The van der Waals surface area contributed by atoms with Gasteiger partial charge in [-0.05, 0) is 0 Å². The Labute approximate surface area is 124 Å². The molecule has 112 valence electrons. The monoisotopic (exact) mass is 315 g/mol. The van der Waals surface area contributed by atoms with Gasteiger partial charge in [0.2, 0.25) is 0 Å². The fourth-order valence-corrected chi connectivity index (χ4v) is 1.74. The van der Waals surface area contributed by atoms with Crippen molar-refractivity contribution in [3.8, 4) is 5.75 Å². The predicted octanol–water partition coefficient (Wildman–Crippen LogP) is 2.32. The number of benzene rings is 1. The number of hydrogen-bond acceptors (Lipinski definition) is 6. The molecule has 1 fully saturated rings. The summed E-state index contributed by atoms with van der Waals surface area (Å²) >= 11 is 5.49. The third kappa shape index (κ3) is 3.25. The second-order valence-corrected chi connectivity index (χ2v) is 5.07. The highest BCUT2D eigenvalue weighted by atomic mass is 35.5. The van der Waals surface area contributed by atoms with E-state index in [2.05, 4.69) is 5.32 Å². The standard InChI is InChI=1S/C13H11ClFNO5/c1-13(2)20-11(18)6(12(19)21-13)5-16-9-4-8(15)7(14)3-10(9)17/h3-5,16-17H,1-2H3. The third-order valence-corrected chi connectivity index (χ3v) is 2.82. The molecule has 1 aromatic carbocycles. The van der Waals surface area contributed by atoms with Crippen LogP contribution in [-0.2, 0) is 19.1 Å². The molecule has 0 radical (unpaired) electrons. The number of nitrogens with one attached hydrogen (secondary N) is 1. The molecule has 1 saturated heterocycles. The molecular weight excluding hydrogens is 305 g/mol. The van der Waals surface area contributed by atoms with Gasteiger partial charge in [0.05, 0.1) is 10.7 Å². The molecule has 21 heavy (non-hydrogen) atoms. The zero-order valence-corrected chi connectivity index (χ0v) is 11.8. The van der Waals surface area contributed by atoms with Crippen LogP contribution < -0.4 is 5.32 Å². The lowest BCUT2D eigenvalue weighted by atomic mass is 10.2. The molecule has 0 aromatic heterocycles. The maximum absolute atomic E-state index is 13.3. The summed E-state index contributed by atoms with van der Waals surface area (Å²) in [4.78, 5) is 23.3. The largest absolute Gasteiger partial charge is 0.506 e. The number of halogens is 2. The maximum Gasteiger partial charge on any atom is 0.350 e. The lowest BCUT2D eigenvalue weighted by Crippen LogP contribution is -2.42. The number of phenols is 1. The number of phenolic OH excluding ortho intramolecular Hbond substituents is 1. The van der Waals surface area contributed by atoms with Gasteiger partial charge in [-0.15, -0.1) is 0 Å². The van der Waals surface area contributed by atoms with Gasteiger partial charge in [-0.3, -0.25) is 0 Å². The summed E-state index contributed by atoms with van der Waals surface area (Å²) in [7, 11) is 0. The van der Waals surface area contributed by atoms with Crippen molar-refractivity contribution >= 4 is 29.2 Å². The zero-order chi connectivity index (χ0) is 15.8. The van der Waals surface area contributed by atoms with Crippen molar-refractivity contribution in [3.05, 3.63) is 34.7 Å². The summed E-state index contributed by atoms with van der Waals surface area (Å²) in [5.41, 5.74) is -0.487. The molecule has 0 unspecified atom stereocenters. The Morgan fingerprint density at radius 1 is 1.29 bits per heavy atom. The molecule has 0 saturated carbocycles. The molecule has 0 aliphatic carbocycles. The Balaban J connectivity index is 2.24. The number of carbonyl (C=O) groups excluding carboxylic acids is 2. The van der Waals surface area contributed by atoms with E-state index in [4.69, 9.17) is 21.1 Å². The first kappa shape index (κ1) is 15.1. The summed E-state index contributed by atoms with van der Waals surface area (Å²) in [6.07, 6.45) is 0.961. The van der Waals surface area contributed by atoms with Gasteiger partial charge in [0, 0.05) is 32.2 Å². The van der Waals surface area contributed by atoms with Crippen LogP contribution in [0, 0.1) is 5.82 Å². The molecule has 0 amide bonds. The van der Waals surface area contributed by atoms with Crippen LogP contribution in [0.4, 0.5) is 10.1 Å². The van der Waals surface area contributed by atoms with E-state index < -0.39 is 29.1 Å². The average molecular weight is 316 g/mol. The van der Waals surface area contributed by atoms with Crippen LogP contribution in [0.5, 0.6) is 5.75 Å². The topological polar surface area (TPSA) is 84.9 Å². The quantitative estimate of drug-likeness (QED) is 0.377. The lowest BCUT2D eigenvalue weighted by Gasteiger charge is -2.29. The molecule has 0 bridgehead atoms. The molecular formula is C13H11ClFNO5. The summed E-state index contributed by atoms with van der Waals surface area (Å²) in [6, 6.07) is 1.90. The zero-order valence-electron chi connectivity index (χ0n) is 11.1. The number of hydrogen-bond donors (Lipinski definition) is 2. The number of aromatic hydroxyl groups is 1. The SMILES string of the molecule is CC1(C)OC(=O)C(=CNc2cc(F)c(Cl)cc2O)C(=O)O1. The van der Waals surface area contributed by atoms with Crippen LogP contribution in [0.1, 0.15) is 13.8 Å². The Morgan fingerprint density at radius 3 is 2.43 bits per heavy atom. The van der Waals surface area contributed by atoms with E-state index in [1.54, 1.807) is 0 Å². The van der Waals surface area contributed by atoms with E-state index in [0.717, 1.165) is 18.3 Å². The van der Waals surface area contributed by atoms with Crippen molar-refractivity contribution in [1.82, 2.24) is 0 Å². The molecule has 0 atom stereocenters. The van der Waals surface area contributed by atoms with Crippen LogP contribution in [-0.4, -0.2) is 22.8 Å². The first-order chi connectivity index (χ1) is 9.69. The lowest BCUT2D eigenvalue weighted by molar-refractivity contribution is -0.222. The third-order valence-electron chi connectivity index (χ3n) is 2.53. The highest BCUT2D eigenvalue weighted by Gasteiger charge is 2.38. The highest BCUT2D eigenvalue weighted by Crippen LogP contribution is 2.30. The number of anilines is 1. The molecule has 2 rings (SSSR count). The van der Waals surface area contributed by atoms with Crippen molar-refractivity contribution in [1.29, 1.82) is 0 Å². The molecule has 1 aliphatic heterocycles. The Bertz CT molecular complexity index is 634. The Hall–Kier alpha value is -2.28. The van der Waals surface area contributed by atoms with E-state index in [0.29, 0.717) is 0 Å². The van der Waals surface area contributed by atoms with E-state index >= 15 is 0 Å². The minimum atomic E-state index is -1.35. The predicted molar refractivity (Wildman–Crippen MR) is 71.0 cm³/mol. The average Bonchev–Trinajstić information content (AvgIpc) is 2.32. The van der Waals surface area contributed by atoms with E-state index in [1.165, 1.54) is 13.8 Å². The van der Waals surface area contributed by atoms with Crippen LogP contribution in [0.15, 0.2) is 23.9 Å². The van der Waals surface area contributed by atoms with Crippen LogP contribution in [0.3, 0.4) is 0 Å². The fourth-order valence-electron chi connectivity index (χ4n) is 1.58. The second-order valence-electron chi connectivity index (χ2n) is 4.66.